The van der Waals surface area contributed by atoms with Crippen LogP contribution in [0.3, 0.4) is 0 Å². The zero-order chi connectivity index (χ0) is 13.0. The normalized spacial score (nSPS) is 26.3. The molecule has 4 heteroatoms. The zero-order valence-electron chi connectivity index (χ0n) is 11.8. The standard InChI is InChI=1S/C14H22BNO2/c1-13(2)14(3,4)18-15(17-13)11-8-9-16(10-11)12-6-5-7-12/h8-10,12H,5-7H2,1-4H3. The first-order valence-corrected chi connectivity index (χ1v) is 6.92. The molecule has 0 atom stereocenters. The van der Waals surface area contributed by atoms with Crippen LogP contribution in [0.5, 0.6) is 0 Å². The molecule has 1 aliphatic heterocycles. The molecule has 1 saturated carbocycles. The molecule has 3 rings (SSSR count). The van der Waals surface area contributed by atoms with Gasteiger partial charge in [-0.25, -0.2) is 0 Å². The quantitative estimate of drug-likeness (QED) is 0.749. The molecule has 0 bridgehead atoms. The van der Waals surface area contributed by atoms with Gasteiger partial charge in [0, 0.05) is 23.9 Å². The summed E-state index contributed by atoms with van der Waals surface area (Å²) in [5.41, 5.74) is 0.632. The van der Waals surface area contributed by atoms with Crippen LogP contribution in [-0.4, -0.2) is 22.9 Å². The number of rotatable bonds is 2. The molecule has 0 amide bonds. The van der Waals surface area contributed by atoms with Gasteiger partial charge in [0.2, 0.25) is 0 Å². The minimum Gasteiger partial charge on any atom is -0.399 e. The van der Waals surface area contributed by atoms with E-state index in [9.17, 15) is 0 Å². The van der Waals surface area contributed by atoms with Gasteiger partial charge in [0.1, 0.15) is 0 Å². The maximum Gasteiger partial charge on any atom is 0.496 e. The van der Waals surface area contributed by atoms with Gasteiger partial charge in [0.05, 0.1) is 11.2 Å². The lowest BCUT2D eigenvalue weighted by atomic mass is 9.81. The molecule has 1 aliphatic carbocycles. The highest BCUT2D eigenvalue weighted by Crippen LogP contribution is 2.37. The number of hydrogen-bond donors (Lipinski definition) is 0. The summed E-state index contributed by atoms with van der Waals surface area (Å²) >= 11 is 0. The van der Waals surface area contributed by atoms with Crippen molar-refractivity contribution in [3.05, 3.63) is 18.5 Å². The highest BCUT2D eigenvalue weighted by molar-refractivity contribution is 6.62. The van der Waals surface area contributed by atoms with Crippen LogP contribution in [0.4, 0.5) is 0 Å². The van der Waals surface area contributed by atoms with E-state index in [2.05, 4.69) is 50.7 Å². The molecule has 18 heavy (non-hydrogen) atoms. The molecule has 0 aromatic carbocycles. The van der Waals surface area contributed by atoms with Crippen molar-refractivity contribution >= 4 is 12.6 Å². The third kappa shape index (κ3) is 1.82. The Hall–Kier alpha value is -0.735. The van der Waals surface area contributed by atoms with E-state index in [0.717, 1.165) is 5.46 Å². The maximum absolute atomic E-state index is 6.06. The van der Waals surface area contributed by atoms with Crippen molar-refractivity contribution in [2.75, 3.05) is 0 Å². The molecule has 0 N–H and O–H groups in total. The van der Waals surface area contributed by atoms with E-state index in [0.29, 0.717) is 6.04 Å². The second-order valence-electron chi connectivity index (χ2n) is 6.57. The summed E-state index contributed by atoms with van der Waals surface area (Å²) in [5.74, 6) is 0. The summed E-state index contributed by atoms with van der Waals surface area (Å²) in [4.78, 5) is 0. The second-order valence-corrected chi connectivity index (χ2v) is 6.57. The van der Waals surface area contributed by atoms with Crippen LogP contribution in [0.1, 0.15) is 53.0 Å². The van der Waals surface area contributed by atoms with E-state index in [1.807, 2.05) is 0 Å². The van der Waals surface area contributed by atoms with Crippen molar-refractivity contribution in [2.24, 2.45) is 0 Å². The van der Waals surface area contributed by atoms with Crippen LogP contribution in [0.2, 0.25) is 0 Å². The van der Waals surface area contributed by atoms with Gasteiger partial charge in [-0.05, 0) is 53.0 Å². The number of aromatic nitrogens is 1. The van der Waals surface area contributed by atoms with Gasteiger partial charge in [0.25, 0.3) is 0 Å². The average Bonchev–Trinajstić information content (AvgIpc) is 2.68. The number of hydrogen-bond acceptors (Lipinski definition) is 2. The van der Waals surface area contributed by atoms with Gasteiger partial charge in [-0.15, -0.1) is 0 Å². The smallest absolute Gasteiger partial charge is 0.399 e. The van der Waals surface area contributed by atoms with Crippen LogP contribution in [-0.2, 0) is 9.31 Å². The summed E-state index contributed by atoms with van der Waals surface area (Å²) in [5, 5.41) is 0. The lowest BCUT2D eigenvalue weighted by molar-refractivity contribution is 0.00578. The Morgan fingerprint density at radius 3 is 2.28 bits per heavy atom. The Bertz CT molecular complexity index is 432. The van der Waals surface area contributed by atoms with Crippen molar-refractivity contribution < 1.29 is 9.31 Å². The summed E-state index contributed by atoms with van der Waals surface area (Å²) in [6.45, 7) is 8.37. The molecular formula is C14H22BNO2. The summed E-state index contributed by atoms with van der Waals surface area (Å²) in [6.07, 6.45) is 8.31. The van der Waals surface area contributed by atoms with E-state index in [1.54, 1.807) is 0 Å². The molecule has 1 aromatic heterocycles. The predicted octanol–water partition coefficient (Wildman–Crippen LogP) is 2.51. The summed E-state index contributed by atoms with van der Waals surface area (Å²) in [7, 11) is -0.226. The van der Waals surface area contributed by atoms with Gasteiger partial charge in [-0.1, -0.05) is 0 Å². The summed E-state index contributed by atoms with van der Waals surface area (Å²) in [6, 6.07) is 2.82. The largest absolute Gasteiger partial charge is 0.496 e. The van der Waals surface area contributed by atoms with E-state index in [-0.39, 0.29) is 18.3 Å². The molecule has 2 heterocycles. The van der Waals surface area contributed by atoms with Gasteiger partial charge >= 0.3 is 7.12 Å². The van der Waals surface area contributed by atoms with E-state index >= 15 is 0 Å². The third-order valence-corrected chi connectivity index (χ3v) is 4.76. The number of nitrogens with zero attached hydrogens (tertiary/aromatic N) is 1. The van der Waals surface area contributed by atoms with E-state index < -0.39 is 0 Å². The van der Waals surface area contributed by atoms with Crippen LogP contribution >= 0.6 is 0 Å². The fraction of sp³-hybridized carbons (Fsp3) is 0.714. The van der Waals surface area contributed by atoms with Crippen molar-refractivity contribution in [3.63, 3.8) is 0 Å². The minimum absolute atomic E-state index is 0.226. The van der Waals surface area contributed by atoms with Crippen LogP contribution in [0, 0.1) is 0 Å². The first-order chi connectivity index (χ1) is 8.39. The van der Waals surface area contributed by atoms with Crippen molar-refractivity contribution in [2.45, 2.75) is 64.2 Å². The van der Waals surface area contributed by atoms with Crippen LogP contribution < -0.4 is 5.46 Å². The molecule has 0 spiro atoms. The van der Waals surface area contributed by atoms with Gasteiger partial charge in [-0.3, -0.25) is 0 Å². The fourth-order valence-electron chi connectivity index (χ4n) is 2.46. The molecule has 2 fully saturated rings. The average molecular weight is 247 g/mol. The Morgan fingerprint density at radius 1 is 1.17 bits per heavy atom. The topological polar surface area (TPSA) is 23.4 Å². The fourth-order valence-corrected chi connectivity index (χ4v) is 2.46. The molecule has 1 aromatic rings. The third-order valence-electron chi connectivity index (χ3n) is 4.76. The molecule has 3 nitrogen and oxygen atoms in total. The second kappa shape index (κ2) is 3.88. The van der Waals surface area contributed by atoms with Crippen LogP contribution in [0.15, 0.2) is 18.5 Å². The highest BCUT2D eigenvalue weighted by Gasteiger charge is 2.51. The van der Waals surface area contributed by atoms with Crippen LogP contribution in [0.25, 0.3) is 0 Å². The predicted molar refractivity (Wildman–Crippen MR) is 73.0 cm³/mol. The SMILES string of the molecule is CC1(C)OB(c2ccn(C3CCC3)c2)OC1(C)C. The zero-order valence-corrected chi connectivity index (χ0v) is 11.8. The van der Waals surface area contributed by atoms with Gasteiger partial charge in [-0.2, -0.15) is 0 Å². The molecule has 0 unspecified atom stereocenters. The Balaban J connectivity index is 1.78. The lowest BCUT2D eigenvalue weighted by Crippen LogP contribution is -2.41. The molecule has 98 valence electrons. The van der Waals surface area contributed by atoms with E-state index in [4.69, 9.17) is 9.31 Å². The molecular weight excluding hydrogens is 225 g/mol. The lowest BCUT2D eigenvalue weighted by Gasteiger charge is -2.32. The Kier molecular flexibility index (Phi) is 2.65. The van der Waals surface area contributed by atoms with Crippen molar-refractivity contribution in [1.29, 1.82) is 0 Å². The van der Waals surface area contributed by atoms with Gasteiger partial charge < -0.3 is 13.9 Å². The monoisotopic (exact) mass is 247 g/mol. The van der Waals surface area contributed by atoms with Crippen molar-refractivity contribution in [1.82, 2.24) is 4.57 Å². The molecule has 1 saturated heterocycles. The van der Waals surface area contributed by atoms with Gasteiger partial charge in [0.15, 0.2) is 0 Å². The molecule has 0 radical (unpaired) electrons. The highest BCUT2D eigenvalue weighted by atomic mass is 16.7. The summed E-state index contributed by atoms with van der Waals surface area (Å²) < 4.78 is 14.4. The first-order valence-electron chi connectivity index (χ1n) is 6.92. The maximum atomic E-state index is 6.06. The first kappa shape index (κ1) is 12.3. The molecule has 2 aliphatic rings. The van der Waals surface area contributed by atoms with Crippen molar-refractivity contribution in [3.8, 4) is 0 Å². The Morgan fingerprint density at radius 2 is 1.78 bits per heavy atom. The minimum atomic E-state index is -0.254. The van der Waals surface area contributed by atoms with E-state index in [1.165, 1.54) is 19.3 Å². The Labute approximate surface area is 110 Å².